The summed E-state index contributed by atoms with van der Waals surface area (Å²) in [5, 5.41) is 9.97. The molecular formula is C24H23N3O4S. The summed E-state index contributed by atoms with van der Waals surface area (Å²) in [7, 11) is -2.33. The van der Waals surface area contributed by atoms with Crippen LogP contribution in [0.2, 0.25) is 0 Å². The first kappa shape index (κ1) is 20.7. The molecule has 8 heteroatoms. The van der Waals surface area contributed by atoms with Gasteiger partial charge in [0.25, 0.3) is 0 Å². The Morgan fingerprint density at radius 3 is 2.53 bits per heavy atom. The largest absolute Gasteiger partial charge is 0.495 e. The fourth-order valence-electron chi connectivity index (χ4n) is 4.93. The van der Waals surface area contributed by atoms with Crippen LogP contribution in [0.4, 0.5) is 0 Å². The molecule has 164 valence electrons. The molecule has 1 aliphatic heterocycles. The molecule has 0 spiro atoms. The fourth-order valence-corrected chi connectivity index (χ4v) is 6.61. The summed E-state index contributed by atoms with van der Waals surface area (Å²) < 4.78 is 33.6. The Hall–Kier alpha value is -3.15. The molecule has 3 aromatic rings. The molecule has 0 unspecified atom stereocenters. The Morgan fingerprint density at radius 1 is 1.16 bits per heavy atom. The second kappa shape index (κ2) is 6.92. The number of ether oxygens (including phenoxy) is 1. The van der Waals surface area contributed by atoms with E-state index in [2.05, 4.69) is 11.1 Å². The maximum atomic E-state index is 13.7. The third-order valence-electron chi connectivity index (χ3n) is 6.68. The van der Waals surface area contributed by atoms with Crippen LogP contribution in [0.3, 0.4) is 0 Å². The predicted molar refractivity (Wildman–Crippen MR) is 120 cm³/mol. The van der Waals surface area contributed by atoms with E-state index in [1.54, 1.807) is 24.3 Å². The number of aromatic amines is 1. The van der Waals surface area contributed by atoms with Gasteiger partial charge in [0.1, 0.15) is 10.6 Å². The number of sulfonamides is 1. The summed E-state index contributed by atoms with van der Waals surface area (Å²) in [5.74, 6) is 0.00802. The molecule has 1 aliphatic carbocycles. The highest BCUT2D eigenvalue weighted by Crippen LogP contribution is 2.46. The van der Waals surface area contributed by atoms with E-state index in [1.165, 1.54) is 17.5 Å². The number of carbonyl (C=O) groups is 1. The Balaban J connectivity index is 1.76. The number of nitrogens with zero attached hydrogens (tertiary/aromatic N) is 2. The van der Waals surface area contributed by atoms with Gasteiger partial charge in [0, 0.05) is 40.7 Å². The van der Waals surface area contributed by atoms with Crippen LogP contribution in [0.1, 0.15) is 59.4 Å². The van der Waals surface area contributed by atoms with E-state index < -0.39 is 15.4 Å². The van der Waals surface area contributed by atoms with Crippen molar-refractivity contribution in [3.8, 4) is 11.8 Å². The normalized spacial score (nSPS) is 17.8. The first-order chi connectivity index (χ1) is 15.2. The van der Waals surface area contributed by atoms with Gasteiger partial charge >= 0.3 is 0 Å². The zero-order valence-corrected chi connectivity index (χ0v) is 19.0. The number of nitriles is 1. The molecule has 0 saturated carbocycles. The van der Waals surface area contributed by atoms with Gasteiger partial charge in [0.05, 0.1) is 24.3 Å². The summed E-state index contributed by atoms with van der Waals surface area (Å²) >= 11 is 0. The number of hydrogen-bond acceptors (Lipinski definition) is 5. The van der Waals surface area contributed by atoms with Crippen molar-refractivity contribution in [3.63, 3.8) is 0 Å². The average Bonchev–Trinajstić information content (AvgIpc) is 3.45. The molecule has 2 heterocycles. The van der Waals surface area contributed by atoms with Crippen LogP contribution in [0, 0.1) is 11.3 Å². The van der Waals surface area contributed by atoms with Crippen LogP contribution in [0.15, 0.2) is 35.2 Å². The first-order valence-electron chi connectivity index (χ1n) is 10.5. The summed E-state index contributed by atoms with van der Waals surface area (Å²) in [6.07, 6.45) is 1.64. The lowest BCUT2D eigenvalue weighted by Crippen LogP contribution is -2.32. The fraction of sp³-hybridized carbons (Fsp3) is 0.333. The molecule has 1 saturated heterocycles. The van der Waals surface area contributed by atoms with E-state index in [1.807, 2.05) is 13.8 Å². The Morgan fingerprint density at radius 2 is 1.88 bits per heavy atom. The monoisotopic (exact) mass is 449 g/mol. The number of benzene rings is 2. The van der Waals surface area contributed by atoms with Crippen LogP contribution in [-0.4, -0.2) is 43.7 Å². The molecule has 32 heavy (non-hydrogen) atoms. The van der Waals surface area contributed by atoms with E-state index in [4.69, 9.17) is 4.74 Å². The van der Waals surface area contributed by atoms with Gasteiger partial charge in [0.15, 0.2) is 5.78 Å². The Kier molecular flexibility index (Phi) is 4.49. The second-order valence-corrected chi connectivity index (χ2v) is 10.8. The molecule has 1 N–H and O–H groups in total. The molecule has 1 aromatic heterocycles. The lowest BCUT2D eigenvalue weighted by atomic mass is 9.71. The van der Waals surface area contributed by atoms with Crippen LogP contribution < -0.4 is 4.74 Å². The maximum absolute atomic E-state index is 13.7. The van der Waals surface area contributed by atoms with Crippen molar-refractivity contribution in [2.24, 2.45) is 0 Å². The summed E-state index contributed by atoms with van der Waals surface area (Å²) in [6, 6.07) is 10.5. The minimum absolute atomic E-state index is 0.0276. The number of ketones is 1. The zero-order chi connectivity index (χ0) is 22.8. The van der Waals surface area contributed by atoms with Crippen molar-refractivity contribution in [1.29, 1.82) is 5.26 Å². The quantitative estimate of drug-likeness (QED) is 0.657. The van der Waals surface area contributed by atoms with Gasteiger partial charge in [-0.1, -0.05) is 19.9 Å². The standard InChI is InChI=1S/C24H23N3O4S/c1-24(2)17-12-19(31-3)20(32(29,30)27-8-4-5-9-27)11-16(17)22(28)21-15-7-6-14(13-25)10-18(15)26-23(21)24/h6-7,10-12,26H,4-5,8-9H2,1-3H3. The van der Waals surface area contributed by atoms with Crippen LogP contribution in [0.5, 0.6) is 5.75 Å². The van der Waals surface area contributed by atoms with Crippen LogP contribution in [0.25, 0.3) is 10.9 Å². The molecule has 2 aliphatic rings. The molecular weight excluding hydrogens is 426 g/mol. The van der Waals surface area contributed by atoms with Gasteiger partial charge < -0.3 is 9.72 Å². The summed E-state index contributed by atoms with van der Waals surface area (Å²) in [6.45, 7) is 4.92. The van der Waals surface area contributed by atoms with Crippen molar-refractivity contribution < 1.29 is 17.9 Å². The van der Waals surface area contributed by atoms with Crippen molar-refractivity contribution in [2.45, 2.75) is 37.0 Å². The first-order valence-corrected chi connectivity index (χ1v) is 12.0. The number of methoxy groups -OCH3 is 1. The number of carbonyl (C=O) groups excluding carboxylic acids is 1. The number of H-pyrrole nitrogens is 1. The minimum Gasteiger partial charge on any atom is -0.495 e. The van der Waals surface area contributed by atoms with Gasteiger partial charge in [-0.15, -0.1) is 0 Å². The number of aromatic nitrogens is 1. The van der Waals surface area contributed by atoms with Crippen LogP contribution >= 0.6 is 0 Å². The summed E-state index contributed by atoms with van der Waals surface area (Å²) in [5.41, 5.74) is 2.95. The number of fused-ring (bicyclic) bond motifs is 4. The Bertz CT molecular complexity index is 1440. The SMILES string of the molecule is COc1cc2c(cc1S(=O)(=O)N1CCCC1)C(=O)c1c([nH]c3cc(C#N)ccc13)C2(C)C. The van der Waals surface area contributed by atoms with E-state index in [-0.39, 0.29) is 16.4 Å². The van der Waals surface area contributed by atoms with Crippen molar-refractivity contribution in [1.82, 2.24) is 9.29 Å². The van der Waals surface area contributed by atoms with E-state index in [0.717, 1.165) is 23.9 Å². The zero-order valence-electron chi connectivity index (χ0n) is 18.2. The third-order valence-corrected chi connectivity index (χ3v) is 8.60. The predicted octanol–water partition coefficient (Wildman–Crippen LogP) is 3.70. The molecule has 0 atom stereocenters. The topological polar surface area (TPSA) is 103 Å². The lowest BCUT2D eigenvalue weighted by Gasteiger charge is -2.33. The molecule has 2 aromatic carbocycles. The van der Waals surface area contributed by atoms with Crippen molar-refractivity contribution in [2.75, 3.05) is 20.2 Å². The van der Waals surface area contributed by atoms with Gasteiger partial charge in [-0.2, -0.15) is 9.57 Å². The molecule has 0 bridgehead atoms. The molecule has 7 nitrogen and oxygen atoms in total. The van der Waals surface area contributed by atoms with Crippen molar-refractivity contribution in [3.05, 3.63) is 58.3 Å². The molecule has 1 fully saturated rings. The average molecular weight is 450 g/mol. The van der Waals surface area contributed by atoms with Gasteiger partial charge in [-0.25, -0.2) is 8.42 Å². The Labute approximate surface area is 186 Å². The van der Waals surface area contributed by atoms with E-state index in [0.29, 0.717) is 40.9 Å². The van der Waals surface area contributed by atoms with Crippen LogP contribution in [-0.2, 0) is 15.4 Å². The van der Waals surface area contributed by atoms with E-state index in [9.17, 15) is 18.5 Å². The molecule has 5 rings (SSSR count). The highest BCUT2D eigenvalue weighted by atomic mass is 32.2. The number of nitrogens with one attached hydrogen (secondary N) is 1. The summed E-state index contributed by atoms with van der Waals surface area (Å²) in [4.78, 5) is 17.1. The number of hydrogen-bond donors (Lipinski definition) is 1. The van der Waals surface area contributed by atoms with Gasteiger partial charge in [-0.3, -0.25) is 4.79 Å². The third kappa shape index (κ3) is 2.74. The molecule has 0 amide bonds. The van der Waals surface area contributed by atoms with Gasteiger partial charge in [0.2, 0.25) is 10.0 Å². The molecule has 0 radical (unpaired) electrons. The minimum atomic E-state index is -3.78. The highest BCUT2D eigenvalue weighted by molar-refractivity contribution is 7.89. The van der Waals surface area contributed by atoms with Gasteiger partial charge in [-0.05, 0) is 42.7 Å². The van der Waals surface area contributed by atoms with Crippen molar-refractivity contribution >= 4 is 26.7 Å². The lowest BCUT2D eigenvalue weighted by molar-refractivity contribution is 0.103. The number of rotatable bonds is 3. The maximum Gasteiger partial charge on any atom is 0.246 e. The van der Waals surface area contributed by atoms with E-state index >= 15 is 0 Å². The highest BCUT2D eigenvalue weighted by Gasteiger charge is 2.42. The second-order valence-electron chi connectivity index (χ2n) is 8.86. The smallest absolute Gasteiger partial charge is 0.246 e.